The molecule has 15 heavy (non-hydrogen) atoms. The molecule has 3 nitrogen and oxygen atoms in total. The Morgan fingerprint density at radius 3 is 2.67 bits per heavy atom. The number of ether oxygens (including phenoxy) is 1. The number of methoxy groups -OCH3 is 1. The van der Waals surface area contributed by atoms with E-state index in [1.807, 2.05) is 0 Å². The molecule has 0 heterocycles. The Bertz CT molecular complexity index is 361. The molecule has 82 valence electrons. The average Bonchev–Trinajstić information content (AvgIpc) is 2.18. The molecule has 1 aromatic rings. The van der Waals surface area contributed by atoms with Crippen LogP contribution in [0, 0.1) is 0 Å². The SMILES string of the molecule is COc1ccccc1CC(C)(F)C(=O)O. The molecule has 1 aromatic carbocycles. The molecule has 0 aliphatic carbocycles. The first kappa shape index (κ1) is 11.5. The second-order valence-electron chi connectivity index (χ2n) is 3.49. The van der Waals surface area contributed by atoms with Crippen LogP contribution in [0.3, 0.4) is 0 Å². The molecule has 1 unspecified atom stereocenters. The quantitative estimate of drug-likeness (QED) is 0.830. The largest absolute Gasteiger partial charge is 0.496 e. The molecule has 0 fully saturated rings. The van der Waals surface area contributed by atoms with Gasteiger partial charge in [-0.3, -0.25) is 0 Å². The van der Waals surface area contributed by atoms with Crippen molar-refractivity contribution in [3.63, 3.8) is 0 Å². The van der Waals surface area contributed by atoms with Crippen molar-refractivity contribution >= 4 is 5.97 Å². The molecule has 0 bridgehead atoms. The number of para-hydroxylation sites is 1. The summed E-state index contributed by atoms with van der Waals surface area (Å²) in [5.41, 5.74) is -1.72. The Morgan fingerprint density at radius 2 is 2.13 bits per heavy atom. The standard InChI is InChI=1S/C11H13FO3/c1-11(12,10(13)14)7-8-5-3-4-6-9(8)15-2/h3-6H,7H2,1-2H3,(H,13,14). The third kappa shape index (κ3) is 2.68. The number of aliphatic carboxylic acids is 1. The monoisotopic (exact) mass is 212 g/mol. The Labute approximate surface area is 87.5 Å². The molecular weight excluding hydrogens is 199 g/mol. The zero-order valence-electron chi connectivity index (χ0n) is 8.66. The third-order valence-electron chi connectivity index (χ3n) is 2.16. The van der Waals surface area contributed by atoms with Crippen molar-refractivity contribution < 1.29 is 19.0 Å². The smallest absolute Gasteiger partial charge is 0.341 e. The number of alkyl halides is 1. The molecule has 0 amide bonds. The van der Waals surface area contributed by atoms with Gasteiger partial charge in [-0.25, -0.2) is 9.18 Å². The summed E-state index contributed by atoms with van der Waals surface area (Å²) < 4.78 is 18.6. The predicted octanol–water partition coefficient (Wildman–Crippen LogP) is 2.05. The number of carboxylic acids is 1. The van der Waals surface area contributed by atoms with Gasteiger partial charge in [-0.1, -0.05) is 18.2 Å². The number of rotatable bonds is 4. The maximum atomic E-state index is 13.6. The molecule has 1 atom stereocenters. The van der Waals surface area contributed by atoms with E-state index in [-0.39, 0.29) is 6.42 Å². The summed E-state index contributed by atoms with van der Waals surface area (Å²) in [6.45, 7) is 1.04. The fourth-order valence-electron chi connectivity index (χ4n) is 1.28. The van der Waals surface area contributed by atoms with E-state index in [2.05, 4.69) is 0 Å². The summed E-state index contributed by atoms with van der Waals surface area (Å²) in [7, 11) is 1.47. The van der Waals surface area contributed by atoms with Gasteiger partial charge >= 0.3 is 5.97 Å². The molecule has 1 rings (SSSR count). The lowest BCUT2D eigenvalue weighted by Crippen LogP contribution is -2.32. The fourth-order valence-corrected chi connectivity index (χ4v) is 1.28. The first-order valence-electron chi connectivity index (χ1n) is 4.51. The van der Waals surface area contributed by atoms with E-state index < -0.39 is 11.6 Å². The summed E-state index contributed by atoms with van der Waals surface area (Å²) in [6.07, 6.45) is -0.202. The number of carboxylic acid groups (broad SMARTS) is 1. The van der Waals surface area contributed by atoms with Crippen LogP contribution in [0.1, 0.15) is 12.5 Å². The van der Waals surface area contributed by atoms with Crippen LogP contribution in [0.15, 0.2) is 24.3 Å². The minimum atomic E-state index is -2.27. The minimum absolute atomic E-state index is 0.202. The van der Waals surface area contributed by atoms with E-state index in [0.29, 0.717) is 11.3 Å². The van der Waals surface area contributed by atoms with Crippen molar-refractivity contribution in [1.29, 1.82) is 0 Å². The van der Waals surface area contributed by atoms with Crippen molar-refractivity contribution in [2.75, 3.05) is 7.11 Å². The molecule has 0 spiro atoms. The normalized spacial score (nSPS) is 14.3. The van der Waals surface area contributed by atoms with Crippen LogP contribution >= 0.6 is 0 Å². The van der Waals surface area contributed by atoms with Crippen LogP contribution in [-0.4, -0.2) is 23.9 Å². The Balaban J connectivity index is 2.94. The molecule has 0 aliphatic heterocycles. The lowest BCUT2D eigenvalue weighted by atomic mass is 9.98. The summed E-state index contributed by atoms with van der Waals surface area (Å²) in [6, 6.07) is 6.79. The third-order valence-corrected chi connectivity index (χ3v) is 2.16. The average molecular weight is 212 g/mol. The Morgan fingerprint density at radius 1 is 1.53 bits per heavy atom. The predicted molar refractivity (Wildman–Crippen MR) is 53.8 cm³/mol. The lowest BCUT2D eigenvalue weighted by Gasteiger charge is -2.16. The summed E-state index contributed by atoms with van der Waals surface area (Å²) >= 11 is 0. The van der Waals surface area contributed by atoms with Crippen LogP contribution in [0.5, 0.6) is 5.75 Å². The molecule has 1 N–H and O–H groups in total. The van der Waals surface area contributed by atoms with Gasteiger partial charge in [0.05, 0.1) is 7.11 Å². The van der Waals surface area contributed by atoms with E-state index in [9.17, 15) is 9.18 Å². The van der Waals surface area contributed by atoms with Gasteiger partial charge in [-0.15, -0.1) is 0 Å². The maximum Gasteiger partial charge on any atom is 0.341 e. The van der Waals surface area contributed by atoms with Crippen molar-refractivity contribution in [1.82, 2.24) is 0 Å². The molecule has 0 aliphatic rings. The van der Waals surface area contributed by atoms with E-state index in [1.54, 1.807) is 24.3 Å². The van der Waals surface area contributed by atoms with E-state index in [4.69, 9.17) is 9.84 Å². The highest BCUT2D eigenvalue weighted by Gasteiger charge is 2.33. The first-order valence-corrected chi connectivity index (χ1v) is 4.51. The van der Waals surface area contributed by atoms with Crippen molar-refractivity contribution in [2.24, 2.45) is 0 Å². The highest BCUT2D eigenvalue weighted by Crippen LogP contribution is 2.25. The van der Waals surface area contributed by atoms with Crippen LogP contribution in [0.4, 0.5) is 4.39 Å². The highest BCUT2D eigenvalue weighted by atomic mass is 19.1. The van der Waals surface area contributed by atoms with Crippen LogP contribution in [0.2, 0.25) is 0 Å². The molecule has 0 aromatic heterocycles. The van der Waals surface area contributed by atoms with Gasteiger partial charge < -0.3 is 9.84 Å². The zero-order valence-corrected chi connectivity index (χ0v) is 8.66. The van der Waals surface area contributed by atoms with Gasteiger partial charge in [0.2, 0.25) is 5.67 Å². The molecule has 0 saturated carbocycles. The summed E-state index contributed by atoms with van der Waals surface area (Å²) in [5.74, 6) is -0.962. The topological polar surface area (TPSA) is 46.5 Å². The van der Waals surface area contributed by atoms with Gasteiger partial charge in [-0.2, -0.15) is 0 Å². The molecular formula is C11H13FO3. The zero-order chi connectivity index (χ0) is 11.5. The molecule has 0 saturated heterocycles. The maximum absolute atomic E-state index is 13.6. The van der Waals surface area contributed by atoms with Crippen LogP contribution in [-0.2, 0) is 11.2 Å². The van der Waals surface area contributed by atoms with Gasteiger partial charge in [0, 0.05) is 6.42 Å². The number of carbonyl (C=O) groups is 1. The number of halogens is 1. The summed E-state index contributed by atoms with van der Waals surface area (Å²) in [4.78, 5) is 10.6. The lowest BCUT2D eigenvalue weighted by molar-refractivity contribution is -0.149. The number of hydrogen-bond donors (Lipinski definition) is 1. The van der Waals surface area contributed by atoms with E-state index in [1.165, 1.54) is 7.11 Å². The molecule has 0 radical (unpaired) electrons. The Hall–Kier alpha value is -1.58. The first-order chi connectivity index (χ1) is 6.97. The van der Waals surface area contributed by atoms with E-state index in [0.717, 1.165) is 6.92 Å². The van der Waals surface area contributed by atoms with Gasteiger partial charge in [0.15, 0.2) is 0 Å². The second kappa shape index (κ2) is 4.29. The van der Waals surface area contributed by atoms with Gasteiger partial charge in [0.1, 0.15) is 5.75 Å². The van der Waals surface area contributed by atoms with Crippen molar-refractivity contribution in [2.45, 2.75) is 19.0 Å². The van der Waals surface area contributed by atoms with Crippen LogP contribution in [0.25, 0.3) is 0 Å². The van der Waals surface area contributed by atoms with Gasteiger partial charge in [-0.05, 0) is 18.6 Å². The minimum Gasteiger partial charge on any atom is -0.496 e. The second-order valence-corrected chi connectivity index (χ2v) is 3.49. The van der Waals surface area contributed by atoms with E-state index >= 15 is 0 Å². The van der Waals surface area contributed by atoms with Gasteiger partial charge in [0.25, 0.3) is 0 Å². The van der Waals surface area contributed by atoms with Crippen molar-refractivity contribution in [3.05, 3.63) is 29.8 Å². The number of benzene rings is 1. The summed E-state index contributed by atoms with van der Waals surface area (Å²) in [5, 5.41) is 8.65. The highest BCUT2D eigenvalue weighted by molar-refractivity contribution is 5.77. The van der Waals surface area contributed by atoms with Crippen molar-refractivity contribution in [3.8, 4) is 5.75 Å². The molecule has 4 heteroatoms. The number of hydrogen-bond acceptors (Lipinski definition) is 2. The Kier molecular flexibility index (Phi) is 3.29. The van der Waals surface area contributed by atoms with Crippen LogP contribution < -0.4 is 4.74 Å². The fraction of sp³-hybridized carbons (Fsp3) is 0.364.